The molecule has 154 valence electrons. The van der Waals surface area contributed by atoms with Crippen LogP contribution in [0.3, 0.4) is 0 Å². The van der Waals surface area contributed by atoms with Crippen molar-refractivity contribution in [1.29, 1.82) is 0 Å². The van der Waals surface area contributed by atoms with Crippen LogP contribution in [-0.4, -0.2) is 67.2 Å². The second-order valence-electron chi connectivity index (χ2n) is 7.86. The first-order valence-electron chi connectivity index (χ1n) is 10.1. The molecule has 0 bridgehead atoms. The molecule has 3 rings (SSSR count). The fraction of sp³-hybridized carbons (Fsp3) is 0.571. The lowest BCUT2D eigenvalue weighted by Gasteiger charge is -2.41. The van der Waals surface area contributed by atoms with Gasteiger partial charge in [0.05, 0.1) is 12.6 Å². The average molecular weight is 406 g/mol. The molecule has 0 spiro atoms. The van der Waals surface area contributed by atoms with Gasteiger partial charge in [-0.3, -0.25) is 10.1 Å². The highest BCUT2D eigenvalue weighted by Gasteiger charge is 2.30. The molecule has 1 fully saturated rings. The molecule has 2 atom stereocenters. The van der Waals surface area contributed by atoms with E-state index < -0.39 is 0 Å². The van der Waals surface area contributed by atoms with Gasteiger partial charge in [0.25, 0.3) is 0 Å². The highest BCUT2D eigenvalue weighted by Crippen LogP contribution is 2.22. The summed E-state index contributed by atoms with van der Waals surface area (Å²) < 4.78 is 0. The molecule has 1 unspecified atom stereocenters. The number of carbonyl (C=O) groups is 1. The van der Waals surface area contributed by atoms with Gasteiger partial charge in [-0.2, -0.15) is 0 Å². The van der Waals surface area contributed by atoms with Crippen LogP contribution in [0.25, 0.3) is 0 Å². The van der Waals surface area contributed by atoms with Gasteiger partial charge in [-0.05, 0) is 24.6 Å². The highest BCUT2D eigenvalue weighted by atomic mass is 35.5. The minimum absolute atomic E-state index is 0.192. The monoisotopic (exact) mass is 405 g/mol. The molecule has 2 aliphatic rings. The second-order valence-corrected chi connectivity index (χ2v) is 8.29. The Labute approximate surface area is 173 Å². The summed E-state index contributed by atoms with van der Waals surface area (Å²) in [6.45, 7) is 11.0. The predicted molar refractivity (Wildman–Crippen MR) is 114 cm³/mol. The number of hydrogen-bond acceptors (Lipinski definition) is 5. The number of nitrogens with one attached hydrogen (secondary N) is 3. The van der Waals surface area contributed by atoms with E-state index >= 15 is 0 Å². The predicted octanol–water partition coefficient (Wildman–Crippen LogP) is 1.95. The third kappa shape index (κ3) is 5.19. The maximum Gasteiger partial charge on any atom is 0.231 e. The quantitative estimate of drug-likeness (QED) is 0.675. The molecule has 1 aromatic carbocycles. The van der Waals surface area contributed by atoms with Crippen LogP contribution in [-0.2, 0) is 4.79 Å². The van der Waals surface area contributed by atoms with Gasteiger partial charge in [0.15, 0.2) is 0 Å². The maximum absolute atomic E-state index is 13.3. The normalized spacial score (nSPS) is 21.3. The van der Waals surface area contributed by atoms with E-state index in [2.05, 4.69) is 47.8 Å². The molecular formula is C21H32ClN5O. The van der Waals surface area contributed by atoms with Gasteiger partial charge in [0, 0.05) is 61.7 Å². The molecule has 3 N–H and O–H groups in total. The maximum atomic E-state index is 13.3. The summed E-state index contributed by atoms with van der Waals surface area (Å²) in [5, 5.41) is 10.8. The Morgan fingerprint density at radius 1 is 1.21 bits per heavy atom. The van der Waals surface area contributed by atoms with Crippen molar-refractivity contribution in [3.05, 3.63) is 46.7 Å². The van der Waals surface area contributed by atoms with Crippen LogP contribution >= 0.6 is 11.6 Å². The molecule has 0 radical (unpaired) electrons. The lowest BCUT2D eigenvalue weighted by molar-refractivity contribution is -0.134. The van der Waals surface area contributed by atoms with Crippen molar-refractivity contribution in [3.8, 4) is 0 Å². The molecule has 1 saturated heterocycles. The Kier molecular flexibility index (Phi) is 7.21. The second kappa shape index (κ2) is 9.63. The fourth-order valence-corrected chi connectivity index (χ4v) is 3.89. The number of rotatable bonds is 6. The Hall–Kier alpha value is -1.76. The molecule has 28 heavy (non-hydrogen) atoms. The van der Waals surface area contributed by atoms with Gasteiger partial charge in [0.2, 0.25) is 5.91 Å². The largest absolute Gasteiger partial charge is 0.377 e. The van der Waals surface area contributed by atoms with E-state index in [9.17, 15) is 4.79 Å². The molecule has 6 nitrogen and oxygen atoms in total. The van der Waals surface area contributed by atoms with Gasteiger partial charge >= 0.3 is 0 Å². The number of nitrogens with zero attached hydrogens (tertiary/aromatic N) is 2. The van der Waals surface area contributed by atoms with Gasteiger partial charge in [-0.25, -0.2) is 0 Å². The summed E-state index contributed by atoms with van der Waals surface area (Å²) in [7, 11) is 0. The van der Waals surface area contributed by atoms with Crippen LogP contribution < -0.4 is 16.0 Å². The van der Waals surface area contributed by atoms with E-state index in [0.717, 1.165) is 38.4 Å². The van der Waals surface area contributed by atoms with E-state index in [1.54, 1.807) is 0 Å². The Morgan fingerprint density at radius 2 is 1.89 bits per heavy atom. The SMILES string of the molecule is CC(C)NC[C@@H](C(=O)N1CCN(C2=CNCNC2C)CC1)c1ccc(Cl)cc1. The number of benzene rings is 1. The van der Waals surface area contributed by atoms with Crippen molar-refractivity contribution in [2.75, 3.05) is 39.4 Å². The topological polar surface area (TPSA) is 59.6 Å². The molecule has 1 aromatic rings. The lowest BCUT2D eigenvalue weighted by atomic mass is 9.96. The van der Waals surface area contributed by atoms with Gasteiger partial charge < -0.3 is 20.4 Å². The van der Waals surface area contributed by atoms with Crippen LogP contribution in [0.2, 0.25) is 5.02 Å². The Morgan fingerprint density at radius 3 is 2.50 bits per heavy atom. The third-order valence-electron chi connectivity index (χ3n) is 5.46. The summed E-state index contributed by atoms with van der Waals surface area (Å²) in [6, 6.07) is 8.33. The fourth-order valence-electron chi connectivity index (χ4n) is 3.76. The van der Waals surface area contributed by atoms with Crippen molar-refractivity contribution < 1.29 is 4.79 Å². The number of hydrogen-bond donors (Lipinski definition) is 3. The van der Waals surface area contributed by atoms with Gasteiger partial charge in [0.1, 0.15) is 0 Å². The molecule has 7 heteroatoms. The zero-order valence-electron chi connectivity index (χ0n) is 17.0. The molecule has 1 amide bonds. The van der Waals surface area contributed by atoms with E-state index in [1.807, 2.05) is 29.2 Å². The average Bonchev–Trinajstić information content (AvgIpc) is 2.69. The first kappa shape index (κ1) is 21.0. The third-order valence-corrected chi connectivity index (χ3v) is 5.71. The van der Waals surface area contributed by atoms with Crippen molar-refractivity contribution in [2.45, 2.75) is 38.8 Å². The zero-order chi connectivity index (χ0) is 20.1. The van der Waals surface area contributed by atoms with E-state index in [0.29, 0.717) is 23.7 Å². The minimum atomic E-state index is -0.192. The minimum Gasteiger partial charge on any atom is -0.377 e. The van der Waals surface area contributed by atoms with E-state index in [1.165, 1.54) is 5.70 Å². The van der Waals surface area contributed by atoms with Crippen molar-refractivity contribution in [1.82, 2.24) is 25.8 Å². The molecule has 0 aliphatic carbocycles. The van der Waals surface area contributed by atoms with Crippen LogP contribution in [0, 0.1) is 0 Å². The van der Waals surface area contributed by atoms with Crippen molar-refractivity contribution >= 4 is 17.5 Å². The Balaban J connectivity index is 1.66. The summed E-state index contributed by atoms with van der Waals surface area (Å²) in [5.41, 5.74) is 2.29. The highest BCUT2D eigenvalue weighted by molar-refractivity contribution is 6.30. The van der Waals surface area contributed by atoms with Crippen LogP contribution in [0.15, 0.2) is 36.2 Å². The van der Waals surface area contributed by atoms with Gasteiger partial charge in [-0.15, -0.1) is 0 Å². The zero-order valence-corrected chi connectivity index (χ0v) is 17.8. The summed E-state index contributed by atoms with van der Waals surface area (Å²) in [4.78, 5) is 17.7. The molecule has 0 aromatic heterocycles. The standard InChI is InChI=1S/C21H32ClN5O/c1-15(2)24-12-19(17-4-6-18(22)7-5-17)21(28)27-10-8-26(9-11-27)20-13-23-14-25-16(20)3/h4-7,13,15-16,19,23-25H,8-12,14H2,1-3H3/t16?,19-/m1/s1. The number of halogens is 1. The number of amides is 1. The summed E-state index contributed by atoms with van der Waals surface area (Å²) in [6.07, 6.45) is 2.10. The lowest BCUT2D eigenvalue weighted by Crippen LogP contribution is -2.54. The molecule has 0 saturated carbocycles. The van der Waals surface area contributed by atoms with Crippen molar-refractivity contribution in [2.24, 2.45) is 0 Å². The smallest absolute Gasteiger partial charge is 0.231 e. The number of piperazine rings is 1. The van der Waals surface area contributed by atoms with Gasteiger partial charge in [-0.1, -0.05) is 37.6 Å². The Bertz CT molecular complexity index is 683. The molecule has 2 aliphatic heterocycles. The summed E-state index contributed by atoms with van der Waals surface area (Å²) >= 11 is 6.04. The number of carbonyl (C=O) groups excluding carboxylic acids is 1. The van der Waals surface area contributed by atoms with Crippen molar-refractivity contribution in [3.63, 3.8) is 0 Å². The first-order chi connectivity index (χ1) is 13.5. The van der Waals surface area contributed by atoms with Crippen LogP contribution in [0.1, 0.15) is 32.3 Å². The van der Waals surface area contributed by atoms with E-state index in [-0.39, 0.29) is 11.8 Å². The molecule has 2 heterocycles. The van der Waals surface area contributed by atoms with Crippen LogP contribution in [0.5, 0.6) is 0 Å². The van der Waals surface area contributed by atoms with E-state index in [4.69, 9.17) is 11.6 Å². The van der Waals surface area contributed by atoms with Crippen LogP contribution in [0.4, 0.5) is 0 Å². The molecular weight excluding hydrogens is 374 g/mol. The summed E-state index contributed by atoms with van der Waals surface area (Å²) in [5.74, 6) is -0.000542. The first-order valence-corrected chi connectivity index (χ1v) is 10.5.